The lowest BCUT2D eigenvalue weighted by atomic mass is 9.93. The molecule has 150 valence electrons. The van der Waals surface area contributed by atoms with Gasteiger partial charge in [0.25, 0.3) is 0 Å². The van der Waals surface area contributed by atoms with Crippen molar-refractivity contribution in [1.29, 1.82) is 0 Å². The molecule has 7 nitrogen and oxygen atoms in total. The van der Waals surface area contributed by atoms with E-state index >= 15 is 0 Å². The Labute approximate surface area is 158 Å². The number of benzene rings is 1. The number of aliphatic hydroxyl groups is 1. The van der Waals surface area contributed by atoms with Crippen LogP contribution in [0.2, 0.25) is 0 Å². The summed E-state index contributed by atoms with van der Waals surface area (Å²) in [6.45, 7) is 1.27. The topological polar surface area (TPSA) is 106 Å². The molecule has 10 heteroatoms. The lowest BCUT2D eigenvalue weighted by Crippen LogP contribution is -2.39. The second kappa shape index (κ2) is 7.28. The number of hydrogen-bond donors (Lipinski definition) is 3. The van der Waals surface area contributed by atoms with Crippen LogP contribution in [-0.2, 0) is 10.3 Å². The number of alkyl halides is 3. The third-order valence-electron chi connectivity index (χ3n) is 4.37. The maximum atomic E-state index is 13.2. The quantitative estimate of drug-likeness (QED) is 0.553. The summed E-state index contributed by atoms with van der Waals surface area (Å²) in [6.07, 6.45) is -1.85. The van der Waals surface area contributed by atoms with Crippen molar-refractivity contribution >= 4 is 16.9 Å². The van der Waals surface area contributed by atoms with Crippen molar-refractivity contribution in [2.45, 2.75) is 18.7 Å². The molecule has 1 aromatic carbocycles. The summed E-state index contributed by atoms with van der Waals surface area (Å²) in [5.41, 5.74) is 3.74. The first kappa shape index (κ1) is 19.9. The van der Waals surface area contributed by atoms with Crippen molar-refractivity contribution in [3.63, 3.8) is 0 Å². The van der Waals surface area contributed by atoms with E-state index in [2.05, 4.69) is 15.0 Å². The normalized spacial score (nSPS) is 14.2. The Bertz CT molecular complexity index is 986. The van der Waals surface area contributed by atoms with Crippen LogP contribution in [0.15, 0.2) is 30.6 Å². The van der Waals surface area contributed by atoms with Crippen LogP contribution in [-0.4, -0.2) is 46.6 Å². The molecule has 0 radical (unpaired) electrons. The smallest absolute Gasteiger partial charge is 0.421 e. The average Bonchev–Trinajstić information content (AvgIpc) is 3.05. The van der Waals surface area contributed by atoms with Crippen molar-refractivity contribution in [2.24, 2.45) is 0 Å². The second-order valence-corrected chi connectivity index (χ2v) is 6.32. The molecule has 0 bridgehead atoms. The fourth-order valence-corrected chi connectivity index (χ4v) is 2.70. The summed E-state index contributed by atoms with van der Waals surface area (Å²) in [6, 6.07) is 3.96. The Balaban J connectivity index is 2.12. The van der Waals surface area contributed by atoms with Crippen molar-refractivity contribution in [3.8, 4) is 17.0 Å². The van der Waals surface area contributed by atoms with E-state index < -0.39 is 11.8 Å². The molecule has 3 aromatic rings. The van der Waals surface area contributed by atoms with Gasteiger partial charge >= 0.3 is 6.18 Å². The van der Waals surface area contributed by atoms with Crippen molar-refractivity contribution in [3.05, 3.63) is 36.2 Å². The minimum absolute atomic E-state index is 0.0121. The minimum atomic E-state index is -4.83. The standard InChI is InChI=1S/C18H19F3N4O3/c1-17(26,18(19,20)21)10-3-4-13-11(7-10)12(8-23-13)15-14(28-6-5-27-2)9-24-16(22)25-15/h3-4,7-9,23,26H,5-6H2,1-2H3,(H2,22,24,25). The van der Waals surface area contributed by atoms with Gasteiger partial charge in [-0.15, -0.1) is 0 Å². The number of nitrogens with two attached hydrogens (primary N) is 1. The van der Waals surface area contributed by atoms with Gasteiger partial charge in [0.2, 0.25) is 5.95 Å². The van der Waals surface area contributed by atoms with E-state index in [-0.39, 0.29) is 18.1 Å². The number of nitrogens with zero attached hydrogens (tertiary/aromatic N) is 2. The summed E-state index contributed by atoms with van der Waals surface area (Å²) >= 11 is 0. The van der Waals surface area contributed by atoms with Crippen molar-refractivity contribution < 1.29 is 27.8 Å². The van der Waals surface area contributed by atoms with Gasteiger partial charge in [0, 0.05) is 29.8 Å². The minimum Gasteiger partial charge on any atom is -0.487 e. The number of halogens is 3. The molecule has 0 aliphatic heterocycles. The molecule has 2 aromatic heterocycles. The van der Waals surface area contributed by atoms with Gasteiger partial charge < -0.3 is 25.3 Å². The average molecular weight is 396 g/mol. The number of anilines is 1. The molecule has 0 spiro atoms. The molecule has 28 heavy (non-hydrogen) atoms. The number of aromatic amines is 1. The highest BCUT2D eigenvalue weighted by Gasteiger charge is 2.51. The molecular formula is C18H19F3N4O3. The van der Waals surface area contributed by atoms with Gasteiger partial charge in [-0.2, -0.15) is 13.2 Å². The number of aromatic nitrogens is 3. The number of rotatable bonds is 6. The van der Waals surface area contributed by atoms with Crippen molar-refractivity contribution in [2.75, 3.05) is 26.1 Å². The third kappa shape index (κ3) is 3.60. The molecule has 2 heterocycles. The highest BCUT2D eigenvalue weighted by atomic mass is 19.4. The van der Waals surface area contributed by atoms with Crippen LogP contribution < -0.4 is 10.5 Å². The van der Waals surface area contributed by atoms with Crippen LogP contribution in [0.3, 0.4) is 0 Å². The second-order valence-electron chi connectivity index (χ2n) is 6.32. The Morgan fingerprint density at radius 2 is 2.00 bits per heavy atom. The molecule has 0 saturated heterocycles. The zero-order chi connectivity index (χ0) is 20.5. The first-order valence-corrected chi connectivity index (χ1v) is 8.30. The van der Waals surface area contributed by atoms with Gasteiger partial charge in [-0.3, -0.25) is 0 Å². The zero-order valence-electron chi connectivity index (χ0n) is 15.2. The van der Waals surface area contributed by atoms with Crippen LogP contribution in [0, 0.1) is 0 Å². The van der Waals surface area contributed by atoms with E-state index in [1.807, 2.05) is 0 Å². The van der Waals surface area contributed by atoms with Gasteiger partial charge in [-0.1, -0.05) is 6.07 Å². The van der Waals surface area contributed by atoms with Crippen LogP contribution in [0.25, 0.3) is 22.2 Å². The number of hydrogen-bond acceptors (Lipinski definition) is 6. The van der Waals surface area contributed by atoms with Crippen LogP contribution in [0.5, 0.6) is 5.75 Å². The van der Waals surface area contributed by atoms with Gasteiger partial charge in [0.1, 0.15) is 12.3 Å². The fraction of sp³-hybridized carbons (Fsp3) is 0.333. The van der Waals surface area contributed by atoms with Gasteiger partial charge in [0.15, 0.2) is 11.4 Å². The van der Waals surface area contributed by atoms with E-state index in [1.165, 1.54) is 31.5 Å². The van der Waals surface area contributed by atoms with Crippen LogP contribution in [0.1, 0.15) is 12.5 Å². The highest BCUT2D eigenvalue weighted by Crippen LogP contribution is 2.41. The Morgan fingerprint density at radius 1 is 1.25 bits per heavy atom. The van der Waals surface area contributed by atoms with Gasteiger partial charge in [0.05, 0.1) is 12.8 Å². The largest absolute Gasteiger partial charge is 0.487 e. The molecule has 1 atom stereocenters. The number of methoxy groups -OCH3 is 1. The molecular weight excluding hydrogens is 377 g/mol. The molecule has 3 rings (SSSR count). The number of fused-ring (bicyclic) bond motifs is 1. The molecule has 0 aliphatic carbocycles. The predicted molar refractivity (Wildman–Crippen MR) is 96.7 cm³/mol. The SMILES string of the molecule is COCCOc1cnc(N)nc1-c1c[nH]c2ccc(C(C)(O)C(F)(F)F)cc12. The predicted octanol–water partition coefficient (Wildman–Crippen LogP) is 3.00. The van der Waals surface area contributed by atoms with Gasteiger partial charge in [-0.25, -0.2) is 9.97 Å². The van der Waals surface area contributed by atoms with Crippen molar-refractivity contribution in [1.82, 2.24) is 15.0 Å². The Hall–Kier alpha value is -2.85. The van der Waals surface area contributed by atoms with Crippen LogP contribution >= 0.6 is 0 Å². The van der Waals surface area contributed by atoms with E-state index in [0.717, 1.165) is 0 Å². The van der Waals surface area contributed by atoms with E-state index in [1.54, 1.807) is 6.20 Å². The summed E-state index contributed by atoms with van der Waals surface area (Å²) in [7, 11) is 1.53. The summed E-state index contributed by atoms with van der Waals surface area (Å²) in [5, 5.41) is 10.4. The molecule has 4 N–H and O–H groups in total. The van der Waals surface area contributed by atoms with Crippen LogP contribution in [0.4, 0.5) is 19.1 Å². The maximum Gasteiger partial charge on any atom is 0.421 e. The number of ether oxygens (including phenoxy) is 2. The molecule has 0 saturated carbocycles. The van der Waals surface area contributed by atoms with E-state index in [9.17, 15) is 18.3 Å². The summed E-state index contributed by atoms with van der Waals surface area (Å²) in [4.78, 5) is 11.1. The summed E-state index contributed by atoms with van der Waals surface area (Å²) in [5.74, 6) is 0.294. The maximum absolute atomic E-state index is 13.2. The number of nitrogen functional groups attached to an aromatic ring is 1. The van der Waals surface area contributed by atoms with E-state index in [4.69, 9.17) is 15.2 Å². The monoisotopic (exact) mass is 396 g/mol. The molecule has 0 aliphatic rings. The van der Waals surface area contributed by atoms with Gasteiger partial charge in [-0.05, 0) is 24.6 Å². The Kier molecular flexibility index (Phi) is 5.18. The van der Waals surface area contributed by atoms with E-state index in [0.29, 0.717) is 41.4 Å². The summed E-state index contributed by atoms with van der Waals surface area (Å²) < 4.78 is 50.2. The molecule has 1 unspecified atom stereocenters. The first-order valence-electron chi connectivity index (χ1n) is 8.30. The molecule has 0 amide bonds. The lowest BCUT2D eigenvalue weighted by Gasteiger charge is -2.26. The third-order valence-corrected chi connectivity index (χ3v) is 4.37. The lowest BCUT2D eigenvalue weighted by molar-refractivity contribution is -0.258. The number of H-pyrrole nitrogens is 1. The Morgan fingerprint density at radius 3 is 2.68 bits per heavy atom. The fourth-order valence-electron chi connectivity index (χ4n) is 2.70. The first-order chi connectivity index (χ1) is 13.1. The number of nitrogens with one attached hydrogen (secondary N) is 1. The highest BCUT2D eigenvalue weighted by molar-refractivity contribution is 5.96. The zero-order valence-corrected chi connectivity index (χ0v) is 15.2. The molecule has 0 fully saturated rings.